The molecule has 1 aliphatic rings. The van der Waals surface area contributed by atoms with E-state index in [9.17, 15) is 0 Å². The van der Waals surface area contributed by atoms with Crippen LogP contribution in [0, 0.1) is 0 Å². The Morgan fingerprint density at radius 2 is 1.02 bits per heavy atom. The fourth-order valence-corrected chi connectivity index (χ4v) is 8.57. The van der Waals surface area contributed by atoms with Crippen LogP contribution in [0.2, 0.25) is 0 Å². The summed E-state index contributed by atoms with van der Waals surface area (Å²) in [6, 6.07) is 56.0. The number of benzene rings is 6. The van der Waals surface area contributed by atoms with Crippen molar-refractivity contribution in [1.82, 2.24) is 23.7 Å². The quantitative estimate of drug-likeness (QED) is 0.185. The molecule has 0 unspecified atom stereocenters. The molecular weight excluding hydrogens is 623 g/mol. The predicted molar refractivity (Wildman–Crippen MR) is 208 cm³/mol. The summed E-state index contributed by atoms with van der Waals surface area (Å²) in [6.07, 6.45) is 3.30. The van der Waals surface area contributed by atoms with Gasteiger partial charge in [0, 0.05) is 27.5 Å². The van der Waals surface area contributed by atoms with Crippen molar-refractivity contribution in [3.05, 3.63) is 186 Å². The molecule has 5 nitrogen and oxygen atoms in total. The van der Waals surface area contributed by atoms with Crippen LogP contribution in [-0.4, -0.2) is 23.7 Å². The van der Waals surface area contributed by atoms with Crippen molar-refractivity contribution in [2.24, 2.45) is 0 Å². The van der Waals surface area contributed by atoms with E-state index in [2.05, 4.69) is 191 Å². The fraction of sp³-hybridized carbons (Fsp3) is 0.0870. The number of para-hydroxylation sites is 8. The van der Waals surface area contributed by atoms with E-state index in [4.69, 9.17) is 9.97 Å². The summed E-state index contributed by atoms with van der Waals surface area (Å²) in [4.78, 5) is 11.4. The Morgan fingerprint density at radius 3 is 1.61 bits per heavy atom. The Labute approximate surface area is 295 Å². The zero-order chi connectivity index (χ0) is 34.1. The highest BCUT2D eigenvalue weighted by molar-refractivity contribution is 5.91. The van der Waals surface area contributed by atoms with Crippen molar-refractivity contribution in [2.75, 3.05) is 0 Å². The molecule has 51 heavy (non-hydrogen) atoms. The SMILES string of the molecule is CC/C=c1\c2n(c3ccccc13)-c1ccccc1C(c1nc3ccccc3n1-c1ccccc1)(c1nc3ccccc3n1-c1ccccc1)C=2C. The number of nitrogens with zero attached hydrogens (tertiary/aromatic N) is 5. The predicted octanol–water partition coefficient (Wildman–Crippen LogP) is 9.02. The molecule has 0 aliphatic carbocycles. The van der Waals surface area contributed by atoms with Gasteiger partial charge in [0.15, 0.2) is 0 Å². The van der Waals surface area contributed by atoms with E-state index in [1.807, 2.05) is 0 Å². The third kappa shape index (κ3) is 4.03. The largest absolute Gasteiger partial charge is 0.309 e. The van der Waals surface area contributed by atoms with E-state index in [1.165, 1.54) is 27.0 Å². The Morgan fingerprint density at radius 1 is 0.529 bits per heavy atom. The first-order chi connectivity index (χ1) is 25.2. The minimum Gasteiger partial charge on any atom is -0.309 e. The molecule has 0 spiro atoms. The summed E-state index contributed by atoms with van der Waals surface area (Å²) in [6.45, 7) is 4.54. The number of rotatable bonds is 5. The van der Waals surface area contributed by atoms with Gasteiger partial charge in [0.1, 0.15) is 17.1 Å². The second-order valence-electron chi connectivity index (χ2n) is 13.3. The second-order valence-corrected chi connectivity index (χ2v) is 13.3. The normalized spacial score (nSPS) is 14.0. The third-order valence-corrected chi connectivity index (χ3v) is 10.6. The lowest BCUT2D eigenvalue weighted by Crippen LogP contribution is -2.47. The lowest BCUT2D eigenvalue weighted by molar-refractivity contribution is 0.629. The highest BCUT2D eigenvalue weighted by atomic mass is 15.2. The van der Waals surface area contributed by atoms with Crippen LogP contribution >= 0.6 is 0 Å². The highest BCUT2D eigenvalue weighted by Gasteiger charge is 2.51. The Balaban J connectivity index is 1.53. The third-order valence-electron chi connectivity index (χ3n) is 10.6. The molecule has 5 heteroatoms. The first-order valence-electron chi connectivity index (χ1n) is 17.7. The minimum atomic E-state index is -0.930. The average Bonchev–Trinajstić information content (AvgIpc) is 3.87. The van der Waals surface area contributed by atoms with Crippen LogP contribution in [0.25, 0.3) is 61.7 Å². The molecule has 9 aromatic rings. The number of imidazole rings is 2. The van der Waals surface area contributed by atoms with Crippen molar-refractivity contribution >= 4 is 44.6 Å². The Bertz CT molecular complexity index is 2790. The number of aromatic nitrogens is 5. The minimum absolute atomic E-state index is 0.909. The summed E-state index contributed by atoms with van der Waals surface area (Å²) < 4.78 is 7.21. The standard InChI is InChI=1S/C46H35N5/c1-3-18-35-34-23-10-14-27-39(34)51-40-28-15-11-24-36(40)46(31(2)43(35)51,44-47-37-25-12-16-29-41(37)49(44)32-19-6-4-7-20-32)45-48-38-26-13-17-30-42(38)50(45)33-21-8-5-9-22-33/h4-30H,3H2,1-2H3/b35-18-. The van der Waals surface area contributed by atoms with Gasteiger partial charge in [-0.05, 0) is 79.6 Å². The monoisotopic (exact) mass is 657 g/mol. The molecule has 0 radical (unpaired) electrons. The fourth-order valence-electron chi connectivity index (χ4n) is 8.57. The molecule has 0 N–H and O–H groups in total. The molecular formula is C46H35N5. The van der Waals surface area contributed by atoms with Gasteiger partial charge in [-0.25, -0.2) is 9.97 Å². The van der Waals surface area contributed by atoms with Crippen LogP contribution in [0.1, 0.15) is 37.5 Å². The molecule has 1 aliphatic heterocycles. The van der Waals surface area contributed by atoms with E-state index >= 15 is 0 Å². The number of hydrogen-bond donors (Lipinski definition) is 0. The summed E-state index contributed by atoms with van der Waals surface area (Å²) in [5.41, 5.74) is 9.81. The van der Waals surface area contributed by atoms with E-state index in [0.717, 1.165) is 62.8 Å². The van der Waals surface area contributed by atoms with Crippen molar-refractivity contribution in [2.45, 2.75) is 25.7 Å². The van der Waals surface area contributed by atoms with Crippen LogP contribution in [0.4, 0.5) is 0 Å². The molecule has 6 aromatic carbocycles. The van der Waals surface area contributed by atoms with E-state index in [1.54, 1.807) is 0 Å². The van der Waals surface area contributed by atoms with E-state index < -0.39 is 5.41 Å². The molecule has 0 atom stereocenters. The van der Waals surface area contributed by atoms with Gasteiger partial charge in [0.2, 0.25) is 0 Å². The van der Waals surface area contributed by atoms with Crippen molar-refractivity contribution in [3.63, 3.8) is 0 Å². The van der Waals surface area contributed by atoms with Crippen LogP contribution in [0.5, 0.6) is 0 Å². The molecule has 0 saturated carbocycles. The summed E-state index contributed by atoms with van der Waals surface area (Å²) >= 11 is 0. The van der Waals surface area contributed by atoms with Gasteiger partial charge < -0.3 is 4.57 Å². The zero-order valence-electron chi connectivity index (χ0n) is 28.5. The molecule has 0 fully saturated rings. The lowest BCUT2D eigenvalue weighted by Gasteiger charge is -2.39. The van der Waals surface area contributed by atoms with Gasteiger partial charge in [-0.3, -0.25) is 9.13 Å². The van der Waals surface area contributed by atoms with Crippen LogP contribution < -0.4 is 10.6 Å². The molecule has 4 heterocycles. The van der Waals surface area contributed by atoms with Gasteiger partial charge in [-0.15, -0.1) is 0 Å². The molecule has 0 amide bonds. The lowest BCUT2D eigenvalue weighted by atomic mass is 9.70. The van der Waals surface area contributed by atoms with Gasteiger partial charge in [0.25, 0.3) is 0 Å². The average molecular weight is 658 g/mol. The number of fused-ring (bicyclic) bond motifs is 7. The van der Waals surface area contributed by atoms with E-state index in [-0.39, 0.29) is 0 Å². The van der Waals surface area contributed by atoms with Crippen LogP contribution in [-0.2, 0) is 5.41 Å². The summed E-state index contributed by atoms with van der Waals surface area (Å²) in [5, 5.41) is 3.68. The first kappa shape index (κ1) is 29.5. The summed E-state index contributed by atoms with van der Waals surface area (Å²) in [5.74, 6) is 1.82. The van der Waals surface area contributed by atoms with E-state index in [0.29, 0.717) is 0 Å². The maximum Gasteiger partial charge on any atom is 0.137 e. The molecule has 0 bridgehead atoms. The van der Waals surface area contributed by atoms with Crippen molar-refractivity contribution < 1.29 is 0 Å². The van der Waals surface area contributed by atoms with Gasteiger partial charge >= 0.3 is 0 Å². The first-order valence-corrected chi connectivity index (χ1v) is 17.7. The molecule has 10 rings (SSSR count). The molecule has 244 valence electrons. The van der Waals surface area contributed by atoms with Crippen LogP contribution in [0.3, 0.4) is 0 Å². The molecule has 0 saturated heterocycles. The van der Waals surface area contributed by atoms with Crippen molar-refractivity contribution in [3.8, 4) is 17.1 Å². The topological polar surface area (TPSA) is 40.6 Å². The van der Waals surface area contributed by atoms with Gasteiger partial charge in [-0.2, -0.15) is 0 Å². The number of hydrogen-bond acceptors (Lipinski definition) is 2. The highest BCUT2D eigenvalue weighted by Crippen LogP contribution is 2.51. The van der Waals surface area contributed by atoms with Crippen molar-refractivity contribution in [1.29, 1.82) is 0 Å². The smallest absolute Gasteiger partial charge is 0.137 e. The summed E-state index contributed by atoms with van der Waals surface area (Å²) in [7, 11) is 0. The Kier molecular flexibility index (Phi) is 6.52. The second kappa shape index (κ2) is 11.3. The maximum absolute atomic E-state index is 5.69. The van der Waals surface area contributed by atoms with Gasteiger partial charge in [0.05, 0.1) is 38.6 Å². The van der Waals surface area contributed by atoms with Gasteiger partial charge in [-0.1, -0.05) is 110 Å². The zero-order valence-corrected chi connectivity index (χ0v) is 28.5. The van der Waals surface area contributed by atoms with Crippen LogP contribution in [0.15, 0.2) is 158 Å². The Hall–Kier alpha value is -6.46. The maximum atomic E-state index is 5.69. The molecule has 3 aromatic heterocycles.